The van der Waals surface area contributed by atoms with Crippen molar-refractivity contribution >= 4 is 17.2 Å². The van der Waals surface area contributed by atoms with Gasteiger partial charge >= 0.3 is 0 Å². The Morgan fingerprint density at radius 3 is 2.95 bits per heavy atom. The SMILES string of the molecule is CC(C)COCCCN1C(=O)C2(CC2)NC1c1cccs1. The second kappa shape index (κ2) is 6.07. The molecule has 0 radical (unpaired) electrons. The van der Waals surface area contributed by atoms with Gasteiger partial charge in [0, 0.05) is 24.6 Å². The van der Waals surface area contributed by atoms with Crippen LogP contribution < -0.4 is 5.32 Å². The fourth-order valence-electron chi connectivity index (χ4n) is 2.83. The zero-order chi connectivity index (χ0) is 14.9. The van der Waals surface area contributed by atoms with Crippen LogP contribution in [-0.4, -0.2) is 36.1 Å². The highest BCUT2D eigenvalue weighted by Gasteiger charge is 2.59. The third kappa shape index (κ3) is 3.15. The number of carbonyl (C=O) groups excluding carboxylic acids is 1. The maximum absolute atomic E-state index is 12.6. The molecule has 1 spiro atoms. The van der Waals surface area contributed by atoms with E-state index < -0.39 is 0 Å². The van der Waals surface area contributed by atoms with E-state index >= 15 is 0 Å². The van der Waals surface area contributed by atoms with Crippen LogP contribution in [0.3, 0.4) is 0 Å². The van der Waals surface area contributed by atoms with Gasteiger partial charge in [-0.3, -0.25) is 10.1 Å². The van der Waals surface area contributed by atoms with Gasteiger partial charge in [-0.25, -0.2) is 0 Å². The molecule has 2 fully saturated rings. The molecule has 2 heterocycles. The van der Waals surface area contributed by atoms with Crippen LogP contribution in [0.15, 0.2) is 17.5 Å². The number of nitrogens with zero attached hydrogens (tertiary/aromatic N) is 1. The number of amides is 1. The van der Waals surface area contributed by atoms with Crippen molar-refractivity contribution in [2.24, 2.45) is 5.92 Å². The van der Waals surface area contributed by atoms with E-state index in [0.717, 1.165) is 39.0 Å². The molecule has 1 saturated heterocycles. The van der Waals surface area contributed by atoms with Crippen LogP contribution in [0.1, 0.15) is 44.2 Å². The largest absolute Gasteiger partial charge is 0.381 e. The first kappa shape index (κ1) is 15.0. The zero-order valence-corrected chi connectivity index (χ0v) is 13.6. The summed E-state index contributed by atoms with van der Waals surface area (Å²) in [6.45, 7) is 6.60. The Hall–Kier alpha value is -0.910. The highest BCUT2D eigenvalue weighted by molar-refractivity contribution is 7.10. The van der Waals surface area contributed by atoms with Gasteiger partial charge in [0.2, 0.25) is 5.91 Å². The molecule has 116 valence electrons. The predicted molar refractivity (Wildman–Crippen MR) is 84.1 cm³/mol. The number of thiophene rings is 1. The maximum Gasteiger partial charge on any atom is 0.244 e. The molecule has 5 heteroatoms. The van der Waals surface area contributed by atoms with Crippen molar-refractivity contribution < 1.29 is 9.53 Å². The summed E-state index contributed by atoms with van der Waals surface area (Å²) >= 11 is 1.71. The Kier molecular flexibility index (Phi) is 4.33. The number of hydrogen-bond donors (Lipinski definition) is 1. The molecule has 1 amide bonds. The molecule has 1 unspecified atom stereocenters. The van der Waals surface area contributed by atoms with Gasteiger partial charge in [-0.1, -0.05) is 19.9 Å². The van der Waals surface area contributed by atoms with Gasteiger partial charge in [-0.15, -0.1) is 11.3 Å². The van der Waals surface area contributed by atoms with Crippen molar-refractivity contribution in [2.45, 2.75) is 44.8 Å². The summed E-state index contributed by atoms with van der Waals surface area (Å²) in [7, 11) is 0. The molecule has 1 aromatic rings. The first-order chi connectivity index (χ1) is 10.1. The minimum atomic E-state index is -0.243. The molecule has 2 aliphatic rings. The highest BCUT2D eigenvalue weighted by Crippen LogP contribution is 2.46. The van der Waals surface area contributed by atoms with Gasteiger partial charge in [0.25, 0.3) is 0 Å². The number of rotatable bonds is 7. The predicted octanol–water partition coefficient (Wildman–Crippen LogP) is 2.77. The van der Waals surface area contributed by atoms with Crippen molar-refractivity contribution in [1.82, 2.24) is 10.2 Å². The van der Waals surface area contributed by atoms with Crippen molar-refractivity contribution in [2.75, 3.05) is 19.8 Å². The van der Waals surface area contributed by atoms with Crippen LogP contribution in [0.4, 0.5) is 0 Å². The maximum atomic E-state index is 12.6. The van der Waals surface area contributed by atoms with Crippen molar-refractivity contribution in [3.8, 4) is 0 Å². The van der Waals surface area contributed by atoms with Crippen LogP contribution in [0, 0.1) is 5.92 Å². The molecule has 1 aromatic heterocycles. The van der Waals surface area contributed by atoms with E-state index in [4.69, 9.17) is 4.74 Å². The van der Waals surface area contributed by atoms with Crippen LogP contribution in [-0.2, 0) is 9.53 Å². The molecule has 1 aliphatic heterocycles. The van der Waals surface area contributed by atoms with E-state index in [1.807, 2.05) is 11.0 Å². The van der Waals surface area contributed by atoms with Crippen molar-refractivity contribution in [3.63, 3.8) is 0 Å². The molecule has 1 atom stereocenters. The average molecular weight is 308 g/mol. The van der Waals surface area contributed by atoms with Gasteiger partial charge < -0.3 is 9.64 Å². The lowest BCUT2D eigenvalue weighted by atomic mass is 10.2. The van der Waals surface area contributed by atoms with Gasteiger partial charge in [0.15, 0.2) is 0 Å². The second-order valence-electron chi connectivity index (χ2n) is 6.47. The van der Waals surface area contributed by atoms with E-state index in [1.165, 1.54) is 4.88 Å². The summed E-state index contributed by atoms with van der Waals surface area (Å²) in [4.78, 5) is 15.8. The van der Waals surface area contributed by atoms with E-state index in [2.05, 4.69) is 30.6 Å². The highest BCUT2D eigenvalue weighted by atomic mass is 32.1. The van der Waals surface area contributed by atoms with Crippen LogP contribution in [0.5, 0.6) is 0 Å². The number of nitrogens with one attached hydrogen (secondary N) is 1. The number of ether oxygens (including phenoxy) is 1. The van der Waals surface area contributed by atoms with Crippen LogP contribution in [0.2, 0.25) is 0 Å². The summed E-state index contributed by atoms with van der Waals surface area (Å²) in [5.41, 5.74) is -0.243. The van der Waals surface area contributed by atoms with Gasteiger partial charge in [-0.05, 0) is 36.6 Å². The normalized spacial score (nSPS) is 23.5. The fourth-order valence-corrected chi connectivity index (χ4v) is 3.62. The lowest BCUT2D eigenvalue weighted by Crippen LogP contribution is -2.33. The molecule has 4 nitrogen and oxygen atoms in total. The zero-order valence-electron chi connectivity index (χ0n) is 12.8. The number of hydrogen-bond acceptors (Lipinski definition) is 4. The molecule has 1 N–H and O–H groups in total. The Morgan fingerprint density at radius 2 is 2.33 bits per heavy atom. The summed E-state index contributed by atoms with van der Waals surface area (Å²) in [5, 5.41) is 5.62. The molecule has 1 saturated carbocycles. The average Bonchev–Trinajstić information content (AvgIpc) is 2.93. The summed E-state index contributed by atoms with van der Waals surface area (Å²) in [6, 6.07) is 4.16. The Balaban J connectivity index is 1.57. The minimum absolute atomic E-state index is 0.0603. The van der Waals surface area contributed by atoms with Gasteiger partial charge in [0.1, 0.15) is 11.7 Å². The van der Waals surface area contributed by atoms with E-state index in [0.29, 0.717) is 5.92 Å². The van der Waals surface area contributed by atoms with Crippen LogP contribution in [0.25, 0.3) is 0 Å². The first-order valence-corrected chi connectivity index (χ1v) is 8.70. The van der Waals surface area contributed by atoms with Crippen molar-refractivity contribution in [1.29, 1.82) is 0 Å². The minimum Gasteiger partial charge on any atom is -0.381 e. The molecule has 1 aliphatic carbocycles. The third-order valence-electron chi connectivity index (χ3n) is 4.10. The smallest absolute Gasteiger partial charge is 0.244 e. The summed E-state index contributed by atoms with van der Waals surface area (Å²) < 4.78 is 5.63. The lowest BCUT2D eigenvalue weighted by molar-refractivity contribution is -0.131. The van der Waals surface area contributed by atoms with Gasteiger partial charge in [-0.2, -0.15) is 0 Å². The Bertz CT molecular complexity index is 482. The monoisotopic (exact) mass is 308 g/mol. The summed E-state index contributed by atoms with van der Waals surface area (Å²) in [6.07, 6.45) is 2.92. The van der Waals surface area contributed by atoms with E-state index in [1.54, 1.807) is 11.3 Å². The fraction of sp³-hybridized carbons (Fsp3) is 0.688. The first-order valence-electron chi connectivity index (χ1n) is 7.82. The van der Waals surface area contributed by atoms with E-state index in [-0.39, 0.29) is 17.6 Å². The third-order valence-corrected chi connectivity index (χ3v) is 5.02. The topological polar surface area (TPSA) is 41.6 Å². The standard InChI is InChI=1S/C16H24N2O2S/c1-12(2)11-20-9-4-8-18-14(13-5-3-10-21-13)17-16(6-7-16)15(18)19/h3,5,10,12,14,17H,4,6-9,11H2,1-2H3. The Morgan fingerprint density at radius 1 is 1.52 bits per heavy atom. The lowest BCUT2D eigenvalue weighted by Gasteiger charge is -2.23. The Labute approximate surface area is 130 Å². The second-order valence-corrected chi connectivity index (χ2v) is 7.44. The van der Waals surface area contributed by atoms with Gasteiger partial charge in [0.05, 0.1) is 0 Å². The van der Waals surface area contributed by atoms with E-state index in [9.17, 15) is 4.79 Å². The molecular formula is C16H24N2O2S. The molecule has 3 rings (SSSR count). The van der Waals surface area contributed by atoms with Crippen molar-refractivity contribution in [3.05, 3.63) is 22.4 Å². The molecule has 0 aromatic carbocycles. The van der Waals surface area contributed by atoms with Crippen LogP contribution >= 0.6 is 11.3 Å². The molecule has 0 bridgehead atoms. The quantitative estimate of drug-likeness (QED) is 0.788. The molecule has 21 heavy (non-hydrogen) atoms. The number of carbonyl (C=O) groups is 1. The summed E-state index contributed by atoms with van der Waals surface area (Å²) in [5.74, 6) is 0.846. The molecular weight excluding hydrogens is 284 g/mol.